The van der Waals surface area contributed by atoms with Crippen molar-refractivity contribution in [2.24, 2.45) is 0 Å². The van der Waals surface area contributed by atoms with Crippen LogP contribution in [0.1, 0.15) is 24.1 Å². The van der Waals surface area contributed by atoms with Gasteiger partial charge in [-0.15, -0.1) is 0 Å². The van der Waals surface area contributed by atoms with Gasteiger partial charge in [-0.2, -0.15) is 5.10 Å². The Morgan fingerprint density at radius 2 is 2.16 bits per heavy atom. The third kappa shape index (κ3) is 3.26. The van der Waals surface area contributed by atoms with Gasteiger partial charge in [0, 0.05) is 29.9 Å². The van der Waals surface area contributed by atoms with Gasteiger partial charge >= 0.3 is 0 Å². The third-order valence-electron chi connectivity index (χ3n) is 3.07. The first-order valence-electron chi connectivity index (χ1n) is 6.17. The number of methoxy groups -OCH3 is 2. The molecule has 2 N–H and O–H groups in total. The first-order chi connectivity index (χ1) is 9.24. The zero-order valence-corrected chi connectivity index (χ0v) is 11.4. The van der Waals surface area contributed by atoms with Gasteiger partial charge in [-0.3, -0.25) is 5.10 Å². The number of rotatable bonds is 6. The molecule has 0 spiro atoms. The van der Waals surface area contributed by atoms with Gasteiger partial charge in [0.05, 0.1) is 20.4 Å². The fourth-order valence-corrected chi connectivity index (χ4v) is 1.93. The van der Waals surface area contributed by atoms with Crippen LogP contribution in [-0.4, -0.2) is 24.4 Å². The maximum Gasteiger partial charge on any atom is 0.123 e. The van der Waals surface area contributed by atoms with Crippen LogP contribution in [0.25, 0.3) is 0 Å². The predicted molar refractivity (Wildman–Crippen MR) is 73.4 cm³/mol. The van der Waals surface area contributed by atoms with Crippen LogP contribution in [-0.2, 0) is 6.54 Å². The molecule has 0 aliphatic heterocycles. The van der Waals surface area contributed by atoms with Gasteiger partial charge in [0.25, 0.3) is 0 Å². The highest BCUT2D eigenvalue weighted by molar-refractivity contribution is 5.42. The molecule has 0 saturated heterocycles. The van der Waals surface area contributed by atoms with Gasteiger partial charge in [0.1, 0.15) is 11.5 Å². The van der Waals surface area contributed by atoms with Gasteiger partial charge in [-0.05, 0) is 25.1 Å². The highest BCUT2D eigenvalue weighted by Gasteiger charge is 2.12. The van der Waals surface area contributed by atoms with E-state index < -0.39 is 0 Å². The zero-order chi connectivity index (χ0) is 13.7. The van der Waals surface area contributed by atoms with Crippen LogP contribution < -0.4 is 14.8 Å². The molecule has 1 aromatic carbocycles. The van der Waals surface area contributed by atoms with Gasteiger partial charge in [-0.25, -0.2) is 0 Å². The van der Waals surface area contributed by atoms with Crippen LogP contribution in [0.4, 0.5) is 0 Å². The van der Waals surface area contributed by atoms with Crippen molar-refractivity contribution in [3.63, 3.8) is 0 Å². The second-order valence-corrected chi connectivity index (χ2v) is 4.32. The summed E-state index contributed by atoms with van der Waals surface area (Å²) in [6, 6.07) is 5.96. The largest absolute Gasteiger partial charge is 0.497 e. The summed E-state index contributed by atoms with van der Waals surface area (Å²) in [4.78, 5) is 0. The molecule has 2 aromatic rings. The summed E-state index contributed by atoms with van der Waals surface area (Å²) < 4.78 is 10.6. The number of ether oxygens (including phenoxy) is 2. The van der Waals surface area contributed by atoms with E-state index in [1.54, 1.807) is 14.2 Å². The third-order valence-corrected chi connectivity index (χ3v) is 3.07. The van der Waals surface area contributed by atoms with Gasteiger partial charge in [0.2, 0.25) is 0 Å². The van der Waals surface area contributed by atoms with Crippen LogP contribution in [0.3, 0.4) is 0 Å². The van der Waals surface area contributed by atoms with Crippen LogP contribution in [0.5, 0.6) is 11.5 Å². The van der Waals surface area contributed by atoms with Crippen molar-refractivity contribution in [3.8, 4) is 11.5 Å². The van der Waals surface area contributed by atoms with Gasteiger partial charge in [0.15, 0.2) is 0 Å². The van der Waals surface area contributed by atoms with Crippen molar-refractivity contribution < 1.29 is 9.47 Å². The summed E-state index contributed by atoms with van der Waals surface area (Å²) >= 11 is 0. The molecular weight excluding hydrogens is 242 g/mol. The number of aromatic nitrogens is 2. The van der Waals surface area contributed by atoms with E-state index in [9.17, 15) is 0 Å². The Bertz CT molecular complexity index is 511. The highest BCUT2D eigenvalue weighted by atomic mass is 16.5. The Morgan fingerprint density at radius 3 is 2.79 bits per heavy atom. The molecule has 0 aliphatic carbocycles. The molecule has 19 heavy (non-hydrogen) atoms. The van der Waals surface area contributed by atoms with Crippen molar-refractivity contribution in [3.05, 3.63) is 41.7 Å². The minimum absolute atomic E-state index is 0.153. The number of aromatic amines is 1. The van der Waals surface area contributed by atoms with Crippen LogP contribution in [0.2, 0.25) is 0 Å². The average Bonchev–Trinajstić information content (AvgIpc) is 2.97. The molecule has 0 saturated carbocycles. The quantitative estimate of drug-likeness (QED) is 0.837. The van der Waals surface area contributed by atoms with E-state index >= 15 is 0 Å². The van der Waals surface area contributed by atoms with E-state index in [0.29, 0.717) is 0 Å². The maximum absolute atomic E-state index is 5.39. The van der Waals surface area contributed by atoms with Crippen LogP contribution in [0.15, 0.2) is 30.6 Å². The monoisotopic (exact) mass is 261 g/mol. The number of H-pyrrole nitrogens is 1. The van der Waals surface area contributed by atoms with Gasteiger partial charge in [-0.1, -0.05) is 0 Å². The normalized spacial score (nSPS) is 12.2. The minimum atomic E-state index is 0.153. The lowest BCUT2D eigenvalue weighted by molar-refractivity contribution is 0.391. The molecule has 0 fully saturated rings. The van der Waals surface area contributed by atoms with Crippen LogP contribution >= 0.6 is 0 Å². The Balaban J connectivity index is 2.10. The first-order valence-corrected chi connectivity index (χ1v) is 6.17. The number of hydrogen-bond donors (Lipinski definition) is 2. The molecule has 102 valence electrons. The van der Waals surface area contributed by atoms with E-state index in [4.69, 9.17) is 9.47 Å². The summed E-state index contributed by atoms with van der Waals surface area (Å²) in [7, 11) is 3.34. The number of benzene rings is 1. The maximum atomic E-state index is 5.39. The Morgan fingerprint density at radius 1 is 1.32 bits per heavy atom. The van der Waals surface area contributed by atoms with E-state index in [1.807, 2.05) is 30.6 Å². The summed E-state index contributed by atoms with van der Waals surface area (Å²) in [6.07, 6.45) is 3.69. The first kappa shape index (κ1) is 13.4. The zero-order valence-electron chi connectivity index (χ0n) is 11.4. The fourth-order valence-electron chi connectivity index (χ4n) is 1.93. The molecule has 1 unspecified atom stereocenters. The number of nitrogens with one attached hydrogen (secondary N) is 2. The number of nitrogens with zero attached hydrogens (tertiary/aromatic N) is 1. The summed E-state index contributed by atoms with van der Waals surface area (Å²) in [5.74, 6) is 1.68. The van der Waals surface area contributed by atoms with Crippen molar-refractivity contribution in [1.29, 1.82) is 0 Å². The lowest BCUT2D eigenvalue weighted by atomic mass is 10.1. The molecule has 1 atom stereocenters. The van der Waals surface area contributed by atoms with Crippen molar-refractivity contribution in [2.45, 2.75) is 19.5 Å². The second-order valence-electron chi connectivity index (χ2n) is 4.32. The molecule has 0 amide bonds. The molecule has 0 aliphatic rings. The van der Waals surface area contributed by atoms with E-state index in [2.05, 4.69) is 22.4 Å². The Hall–Kier alpha value is -2.01. The predicted octanol–water partition coefficient (Wildman–Crippen LogP) is 2.28. The lowest BCUT2D eigenvalue weighted by Gasteiger charge is -2.17. The van der Waals surface area contributed by atoms with Crippen molar-refractivity contribution in [1.82, 2.24) is 15.5 Å². The van der Waals surface area contributed by atoms with Crippen molar-refractivity contribution in [2.75, 3.05) is 14.2 Å². The Kier molecular flexibility index (Phi) is 4.41. The molecule has 5 heteroatoms. The van der Waals surface area contributed by atoms with E-state index in [1.165, 1.54) is 0 Å². The molecular formula is C14H19N3O2. The smallest absolute Gasteiger partial charge is 0.123 e. The molecule has 1 aromatic heterocycles. The number of hydrogen-bond acceptors (Lipinski definition) is 4. The Labute approximate surface area is 112 Å². The van der Waals surface area contributed by atoms with Gasteiger partial charge < -0.3 is 14.8 Å². The minimum Gasteiger partial charge on any atom is -0.497 e. The molecule has 0 bridgehead atoms. The second kappa shape index (κ2) is 6.24. The van der Waals surface area contributed by atoms with Crippen molar-refractivity contribution >= 4 is 0 Å². The molecule has 1 heterocycles. The topological polar surface area (TPSA) is 59.2 Å². The average molecular weight is 261 g/mol. The summed E-state index contributed by atoms with van der Waals surface area (Å²) in [5.41, 5.74) is 2.19. The van der Waals surface area contributed by atoms with E-state index in [0.717, 1.165) is 29.2 Å². The van der Waals surface area contributed by atoms with E-state index in [-0.39, 0.29) is 6.04 Å². The lowest BCUT2D eigenvalue weighted by Crippen LogP contribution is -2.18. The summed E-state index contributed by atoms with van der Waals surface area (Å²) in [5, 5.41) is 10.2. The highest BCUT2D eigenvalue weighted by Crippen LogP contribution is 2.29. The molecule has 2 rings (SSSR count). The fraction of sp³-hybridized carbons (Fsp3) is 0.357. The molecule has 5 nitrogen and oxygen atoms in total. The standard InChI is InChI=1S/C14H19N3O2/c1-10(15-7-11-8-16-17-9-11)13-6-12(18-2)4-5-14(13)19-3/h4-6,8-10,15H,7H2,1-3H3,(H,16,17). The molecule has 0 radical (unpaired) electrons. The summed E-state index contributed by atoms with van der Waals surface area (Å²) in [6.45, 7) is 2.84. The SMILES string of the molecule is COc1ccc(OC)c(C(C)NCc2cn[nH]c2)c1. The van der Waals surface area contributed by atoms with Crippen LogP contribution in [0, 0.1) is 0 Å².